The fourth-order valence-corrected chi connectivity index (χ4v) is 3.91. The van der Waals surface area contributed by atoms with Gasteiger partial charge in [-0.3, -0.25) is 9.79 Å². The Bertz CT molecular complexity index is 754. The van der Waals surface area contributed by atoms with Gasteiger partial charge in [0.25, 0.3) is 0 Å². The third-order valence-corrected chi connectivity index (χ3v) is 5.33. The summed E-state index contributed by atoms with van der Waals surface area (Å²) in [5.41, 5.74) is 0.0807. The molecule has 0 saturated heterocycles. The highest BCUT2D eigenvalue weighted by Crippen LogP contribution is 2.43. The van der Waals surface area contributed by atoms with Crippen molar-refractivity contribution in [1.82, 2.24) is 5.32 Å². The molecule has 1 aromatic rings. The SMILES string of the molecule is CCOC(=O)C1C(COCCNC)=NC(C)(C(=O)OC)CC1c1ccccc1Cl. The molecule has 0 spiro atoms. The summed E-state index contributed by atoms with van der Waals surface area (Å²) in [5, 5.41) is 3.52. The molecule has 3 atom stereocenters. The van der Waals surface area contributed by atoms with E-state index in [2.05, 4.69) is 10.3 Å². The molecule has 0 fully saturated rings. The molecule has 3 unspecified atom stereocenters. The van der Waals surface area contributed by atoms with Crippen LogP contribution in [-0.2, 0) is 23.8 Å². The summed E-state index contributed by atoms with van der Waals surface area (Å²) in [4.78, 5) is 30.1. The lowest BCUT2D eigenvalue weighted by Crippen LogP contribution is -2.48. The highest BCUT2D eigenvalue weighted by Gasteiger charge is 2.48. The van der Waals surface area contributed by atoms with Crippen LogP contribution in [0, 0.1) is 5.92 Å². The molecule has 0 saturated carbocycles. The largest absolute Gasteiger partial charge is 0.467 e. The molecule has 7 nitrogen and oxygen atoms in total. The van der Waals surface area contributed by atoms with Crippen LogP contribution in [0.4, 0.5) is 0 Å². The van der Waals surface area contributed by atoms with Gasteiger partial charge in [0.15, 0.2) is 5.54 Å². The normalized spacial score (nSPS) is 24.0. The van der Waals surface area contributed by atoms with Crippen LogP contribution in [0.3, 0.4) is 0 Å². The fourth-order valence-electron chi connectivity index (χ4n) is 3.63. The van der Waals surface area contributed by atoms with E-state index in [-0.39, 0.29) is 19.6 Å². The van der Waals surface area contributed by atoms with Crippen molar-refractivity contribution in [2.75, 3.05) is 40.5 Å². The molecular weight excluding hydrogens is 396 g/mol. The lowest BCUT2D eigenvalue weighted by molar-refractivity contribution is -0.150. The molecule has 1 aromatic carbocycles. The molecule has 0 radical (unpaired) electrons. The predicted molar refractivity (Wildman–Crippen MR) is 112 cm³/mol. The van der Waals surface area contributed by atoms with Crippen molar-refractivity contribution in [2.45, 2.75) is 31.7 Å². The third-order valence-electron chi connectivity index (χ3n) is 4.99. The molecule has 0 aliphatic carbocycles. The van der Waals surface area contributed by atoms with E-state index in [0.29, 0.717) is 23.9 Å². The van der Waals surface area contributed by atoms with Gasteiger partial charge >= 0.3 is 11.9 Å². The van der Waals surface area contributed by atoms with Gasteiger partial charge < -0.3 is 19.5 Å². The van der Waals surface area contributed by atoms with Crippen molar-refractivity contribution in [3.05, 3.63) is 34.9 Å². The quantitative estimate of drug-likeness (QED) is 0.484. The molecule has 1 aliphatic rings. The molecule has 0 bridgehead atoms. The van der Waals surface area contributed by atoms with E-state index in [0.717, 1.165) is 5.56 Å². The van der Waals surface area contributed by atoms with Gasteiger partial charge in [-0.25, -0.2) is 4.79 Å². The lowest BCUT2D eigenvalue weighted by atomic mass is 9.72. The zero-order chi connectivity index (χ0) is 21.4. The summed E-state index contributed by atoms with van der Waals surface area (Å²) in [6, 6.07) is 7.31. The van der Waals surface area contributed by atoms with Gasteiger partial charge in [0.1, 0.15) is 5.92 Å². The second-order valence-electron chi connectivity index (χ2n) is 7.09. The Hall–Kier alpha value is -1.96. The standard InChI is InChI=1S/C21H29ClN2O5/c1-5-29-19(25)18-15(14-8-6-7-9-16(14)22)12-21(2,20(26)27-4)24-17(18)13-28-11-10-23-3/h6-9,15,18,23H,5,10-13H2,1-4H3. The minimum Gasteiger partial charge on any atom is -0.467 e. The van der Waals surface area contributed by atoms with E-state index in [4.69, 9.17) is 25.8 Å². The summed E-state index contributed by atoms with van der Waals surface area (Å²) < 4.78 is 16.0. The maximum absolute atomic E-state index is 12.9. The summed E-state index contributed by atoms with van der Waals surface area (Å²) in [6.45, 7) is 4.91. The number of methoxy groups -OCH3 is 1. The number of rotatable bonds is 9. The maximum atomic E-state index is 12.9. The second kappa shape index (κ2) is 10.7. The van der Waals surface area contributed by atoms with Gasteiger partial charge in [0.05, 0.1) is 32.6 Å². The van der Waals surface area contributed by atoms with E-state index >= 15 is 0 Å². The molecule has 0 aromatic heterocycles. The number of esters is 2. The Balaban J connectivity index is 2.52. The molecule has 2 rings (SSSR count). The van der Waals surface area contributed by atoms with Crippen molar-refractivity contribution in [3.8, 4) is 0 Å². The second-order valence-corrected chi connectivity index (χ2v) is 7.49. The minimum atomic E-state index is -1.15. The average molecular weight is 425 g/mol. The van der Waals surface area contributed by atoms with E-state index in [1.807, 2.05) is 25.2 Å². The van der Waals surface area contributed by atoms with Crippen LogP contribution in [0.15, 0.2) is 29.3 Å². The number of nitrogens with one attached hydrogen (secondary N) is 1. The zero-order valence-corrected chi connectivity index (χ0v) is 18.1. The summed E-state index contributed by atoms with van der Waals surface area (Å²) >= 11 is 6.46. The van der Waals surface area contributed by atoms with E-state index < -0.39 is 29.3 Å². The number of carbonyl (C=O) groups is 2. The first-order chi connectivity index (χ1) is 13.9. The first-order valence-electron chi connectivity index (χ1n) is 9.68. The molecule has 29 heavy (non-hydrogen) atoms. The Kier molecular flexibility index (Phi) is 8.61. The predicted octanol–water partition coefficient (Wildman–Crippen LogP) is 2.62. The van der Waals surface area contributed by atoms with E-state index in [1.165, 1.54) is 7.11 Å². The zero-order valence-electron chi connectivity index (χ0n) is 17.4. The smallest absolute Gasteiger partial charge is 0.333 e. The van der Waals surface area contributed by atoms with Gasteiger partial charge in [-0.05, 0) is 38.9 Å². The Labute approximate surface area is 176 Å². The number of likely N-dealkylation sites (N-methyl/N-ethyl adjacent to an activating group) is 1. The van der Waals surface area contributed by atoms with Crippen LogP contribution in [0.1, 0.15) is 31.7 Å². The molecule has 0 amide bonds. The molecule has 1 N–H and O–H groups in total. The Morgan fingerprint density at radius 1 is 1.34 bits per heavy atom. The first kappa shape index (κ1) is 23.3. The van der Waals surface area contributed by atoms with E-state index in [1.54, 1.807) is 19.9 Å². The van der Waals surface area contributed by atoms with Crippen molar-refractivity contribution in [1.29, 1.82) is 0 Å². The lowest BCUT2D eigenvalue weighted by Gasteiger charge is -2.38. The number of aliphatic imine (C=N–C) groups is 1. The Morgan fingerprint density at radius 2 is 2.07 bits per heavy atom. The fraction of sp³-hybridized carbons (Fsp3) is 0.571. The topological polar surface area (TPSA) is 86.2 Å². The highest BCUT2D eigenvalue weighted by atomic mass is 35.5. The first-order valence-corrected chi connectivity index (χ1v) is 10.1. The number of nitrogens with zero attached hydrogens (tertiary/aromatic N) is 1. The molecular formula is C21H29ClN2O5. The van der Waals surface area contributed by atoms with Crippen LogP contribution < -0.4 is 5.32 Å². The molecule has 8 heteroatoms. The minimum absolute atomic E-state index is 0.110. The molecule has 160 valence electrons. The van der Waals surface area contributed by atoms with Crippen molar-refractivity contribution >= 4 is 29.3 Å². The van der Waals surface area contributed by atoms with Gasteiger partial charge in [-0.15, -0.1) is 0 Å². The molecule has 1 heterocycles. The van der Waals surface area contributed by atoms with Gasteiger partial charge in [0, 0.05) is 17.5 Å². The number of carbonyl (C=O) groups excluding carboxylic acids is 2. The Morgan fingerprint density at radius 3 is 2.69 bits per heavy atom. The van der Waals surface area contributed by atoms with Crippen LogP contribution in [0.2, 0.25) is 5.02 Å². The average Bonchev–Trinajstić information content (AvgIpc) is 2.70. The van der Waals surface area contributed by atoms with Gasteiger partial charge in [-0.2, -0.15) is 0 Å². The summed E-state index contributed by atoms with van der Waals surface area (Å²) in [7, 11) is 3.15. The highest BCUT2D eigenvalue weighted by molar-refractivity contribution is 6.31. The van der Waals surface area contributed by atoms with Crippen LogP contribution in [0.5, 0.6) is 0 Å². The molecule has 1 aliphatic heterocycles. The number of benzene rings is 1. The van der Waals surface area contributed by atoms with Crippen LogP contribution in [0.25, 0.3) is 0 Å². The van der Waals surface area contributed by atoms with Crippen molar-refractivity contribution < 1.29 is 23.8 Å². The monoisotopic (exact) mass is 424 g/mol. The number of halogens is 1. The third kappa shape index (κ3) is 5.56. The van der Waals surface area contributed by atoms with Crippen molar-refractivity contribution in [2.24, 2.45) is 10.9 Å². The van der Waals surface area contributed by atoms with Crippen molar-refractivity contribution in [3.63, 3.8) is 0 Å². The van der Waals surface area contributed by atoms with Gasteiger partial charge in [0.2, 0.25) is 0 Å². The number of hydrogen-bond acceptors (Lipinski definition) is 7. The summed E-state index contributed by atoms with van der Waals surface area (Å²) in [6.07, 6.45) is 0.271. The van der Waals surface area contributed by atoms with Gasteiger partial charge in [-0.1, -0.05) is 29.8 Å². The number of ether oxygens (including phenoxy) is 3. The summed E-state index contributed by atoms with van der Waals surface area (Å²) in [5.74, 6) is -1.96. The van der Waals surface area contributed by atoms with Crippen LogP contribution in [-0.4, -0.2) is 63.7 Å². The number of hydrogen-bond donors (Lipinski definition) is 1. The maximum Gasteiger partial charge on any atom is 0.333 e. The van der Waals surface area contributed by atoms with Crippen LogP contribution >= 0.6 is 11.6 Å². The van der Waals surface area contributed by atoms with E-state index in [9.17, 15) is 9.59 Å².